The van der Waals surface area contributed by atoms with Gasteiger partial charge in [-0.2, -0.15) is 0 Å². The molecule has 1 heterocycles. The highest BCUT2D eigenvalue weighted by Crippen LogP contribution is 2.35. The van der Waals surface area contributed by atoms with Gasteiger partial charge in [0, 0.05) is 16.2 Å². The number of aromatic nitrogens is 1. The van der Waals surface area contributed by atoms with Gasteiger partial charge in [0.1, 0.15) is 0 Å². The molecule has 0 unspecified atom stereocenters. The van der Waals surface area contributed by atoms with Crippen LogP contribution in [0.5, 0.6) is 0 Å². The zero-order valence-corrected chi connectivity index (χ0v) is 13.5. The molecular weight excluding hydrogens is 290 g/mol. The Balaban J connectivity index is 2.04. The van der Waals surface area contributed by atoms with Gasteiger partial charge in [-0.3, -0.25) is 0 Å². The molecule has 1 heteroatoms. The fraction of sp³-hybridized carbons (Fsp3) is 0.0435. The second-order valence-electron chi connectivity index (χ2n) is 6.32. The second-order valence-corrected chi connectivity index (χ2v) is 6.32. The van der Waals surface area contributed by atoms with Crippen molar-refractivity contribution < 1.29 is 0 Å². The van der Waals surface area contributed by atoms with Crippen LogP contribution in [0.15, 0.2) is 84.9 Å². The highest BCUT2D eigenvalue weighted by molar-refractivity contribution is 6.11. The van der Waals surface area contributed by atoms with Crippen LogP contribution in [0.2, 0.25) is 0 Å². The van der Waals surface area contributed by atoms with E-state index < -0.39 is 0 Å². The van der Waals surface area contributed by atoms with Crippen molar-refractivity contribution in [3.63, 3.8) is 0 Å². The maximum absolute atomic E-state index is 2.40. The van der Waals surface area contributed by atoms with Gasteiger partial charge in [0.15, 0.2) is 0 Å². The Kier molecular flexibility index (Phi) is 2.77. The van der Waals surface area contributed by atoms with Crippen molar-refractivity contribution in [2.24, 2.45) is 0 Å². The van der Waals surface area contributed by atoms with Crippen molar-refractivity contribution in [2.75, 3.05) is 0 Å². The van der Waals surface area contributed by atoms with Gasteiger partial charge in [0.2, 0.25) is 0 Å². The van der Waals surface area contributed by atoms with Gasteiger partial charge in [-0.25, -0.2) is 0 Å². The van der Waals surface area contributed by atoms with Gasteiger partial charge in [0.25, 0.3) is 0 Å². The summed E-state index contributed by atoms with van der Waals surface area (Å²) in [5, 5.41) is 5.22. The van der Waals surface area contributed by atoms with E-state index in [0.29, 0.717) is 0 Å². The molecule has 0 fully saturated rings. The minimum Gasteiger partial charge on any atom is -0.309 e. The Morgan fingerprint density at radius 3 is 2.17 bits per heavy atom. The van der Waals surface area contributed by atoms with Crippen LogP contribution in [0.25, 0.3) is 38.3 Å². The summed E-state index contributed by atoms with van der Waals surface area (Å²) in [6.07, 6.45) is 0. The highest BCUT2D eigenvalue weighted by Gasteiger charge is 2.14. The fourth-order valence-corrected chi connectivity index (χ4v) is 3.86. The Morgan fingerprint density at radius 1 is 0.583 bits per heavy atom. The summed E-state index contributed by atoms with van der Waals surface area (Å²) in [6, 6.07) is 30.4. The molecule has 24 heavy (non-hydrogen) atoms. The maximum Gasteiger partial charge on any atom is 0.0543 e. The number of hydrogen-bond donors (Lipinski definition) is 0. The van der Waals surface area contributed by atoms with Gasteiger partial charge >= 0.3 is 0 Å². The summed E-state index contributed by atoms with van der Waals surface area (Å²) in [4.78, 5) is 0. The van der Waals surface area contributed by atoms with E-state index in [2.05, 4.69) is 96.4 Å². The van der Waals surface area contributed by atoms with Crippen molar-refractivity contribution in [2.45, 2.75) is 6.92 Å². The molecule has 0 aliphatic heterocycles. The molecule has 0 atom stereocenters. The smallest absolute Gasteiger partial charge is 0.0543 e. The third kappa shape index (κ3) is 1.75. The molecule has 0 aliphatic rings. The Hall–Kier alpha value is -3.06. The maximum atomic E-state index is 2.40. The molecular formula is C23H17N. The van der Waals surface area contributed by atoms with Gasteiger partial charge in [-0.15, -0.1) is 0 Å². The molecule has 0 aliphatic carbocycles. The Morgan fingerprint density at radius 2 is 1.25 bits per heavy atom. The van der Waals surface area contributed by atoms with Crippen molar-refractivity contribution in [3.05, 3.63) is 90.5 Å². The zero-order chi connectivity index (χ0) is 16.1. The summed E-state index contributed by atoms with van der Waals surface area (Å²) >= 11 is 0. The number of rotatable bonds is 1. The van der Waals surface area contributed by atoms with Crippen molar-refractivity contribution in [3.8, 4) is 5.69 Å². The highest BCUT2D eigenvalue weighted by atomic mass is 15.0. The summed E-state index contributed by atoms with van der Waals surface area (Å²) in [5.41, 5.74) is 5.10. The average molecular weight is 307 g/mol. The topological polar surface area (TPSA) is 4.93 Å². The monoisotopic (exact) mass is 307 g/mol. The minimum absolute atomic E-state index is 1.24. The quantitative estimate of drug-likeness (QED) is 0.345. The summed E-state index contributed by atoms with van der Waals surface area (Å²) < 4.78 is 2.40. The summed E-state index contributed by atoms with van der Waals surface area (Å²) in [7, 11) is 0. The molecule has 0 spiro atoms. The largest absolute Gasteiger partial charge is 0.309 e. The van der Waals surface area contributed by atoms with Crippen molar-refractivity contribution in [1.29, 1.82) is 0 Å². The first-order valence-electron chi connectivity index (χ1n) is 8.31. The van der Waals surface area contributed by atoms with Crippen LogP contribution in [-0.4, -0.2) is 4.57 Å². The predicted molar refractivity (Wildman–Crippen MR) is 103 cm³/mol. The summed E-state index contributed by atoms with van der Waals surface area (Å²) in [6.45, 7) is 2.20. The van der Waals surface area contributed by atoms with Crippen LogP contribution >= 0.6 is 0 Å². The van der Waals surface area contributed by atoms with E-state index >= 15 is 0 Å². The molecule has 0 N–H and O–H groups in total. The number of benzene rings is 4. The zero-order valence-electron chi connectivity index (χ0n) is 13.5. The number of fused-ring (bicyclic) bond motifs is 4. The molecule has 1 nitrogen and oxygen atoms in total. The van der Waals surface area contributed by atoms with E-state index in [4.69, 9.17) is 0 Å². The molecule has 0 saturated carbocycles. The molecule has 5 rings (SSSR count). The van der Waals surface area contributed by atoms with Crippen LogP contribution in [0.1, 0.15) is 5.56 Å². The number of nitrogens with zero attached hydrogens (tertiary/aromatic N) is 1. The number of hydrogen-bond acceptors (Lipinski definition) is 0. The lowest BCUT2D eigenvalue weighted by Gasteiger charge is -2.11. The normalized spacial score (nSPS) is 11.5. The van der Waals surface area contributed by atoms with Crippen LogP contribution in [0.3, 0.4) is 0 Å². The lowest BCUT2D eigenvalue weighted by molar-refractivity contribution is 1.20. The van der Waals surface area contributed by atoms with E-state index in [1.165, 1.54) is 43.8 Å². The number of para-hydroxylation sites is 1. The van der Waals surface area contributed by atoms with Crippen LogP contribution in [0, 0.1) is 6.92 Å². The van der Waals surface area contributed by atoms with Crippen molar-refractivity contribution in [1.82, 2.24) is 4.57 Å². The fourth-order valence-electron chi connectivity index (χ4n) is 3.86. The molecule has 114 valence electrons. The van der Waals surface area contributed by atoms with Gasteiger partial charge in [-0.05, 0) is 36.1 Å². The SMILES string of the molecule is Cc1cccc2c1c1ccccc1n2-c1cccc2ccccc12. The lowest BCUT2D eigenvalue weighted by Crippen LogP contribution is -1.95. The van der Waals surface area contributed by atoms with Crippen molar-refractivity contribution >= 4 is 32.6 Å². The predicted octanol–water partition coefficient (Wildman–Crippen LogP) is 6.25. The van der Waals surface area contributed by atoms with E-state index in [1.807, 2.05) is 0 Å². The lowest BCUT2D eigenvalue weighted by atomic mass is 10.1. The van der Waals surface area contributed by atoms with Crippen LogP contribution < -0.4 is 0 Å². The third-order valence-corrected chi connectivity index (χ3v) is 4.91. The standard InChI is InChI=1S/C23H17N/c1-16-8-6-15-22-23(16)19-12-4-5-13-21(19)24(22)20-14-7-10-17-9-2-3-11-18(17)20/h2-15H,1H3. The van der Waals surface area contributed by atoms with Crippen LogP contribution in [0.4, 0.5) is 0 Å². The summed E-state index contributed by atoms with van der Waals surface area (Å²) in [5.74, 6) is 0. The van der Waals surface area contributed by atoms with E-state index in [1.54, 1.807) is 0 Å². The molecule has 5 aromatic rings. The molecule has 0 amide bonds. The third-order valence-electron chi connectivity index (χ3n) is 4.91. The first-order chi connectivity index (χ1) is 11.8. The Bertz CT molecular complexity index is 1210. The number of aryl methyl sites for hydroxylation is 1. The van der Waals surface area contributed by atoms with Gasteiger partial charge < -0.3 is 4.57 Å². The molecule has 0 saturated heterocycles. The molecule has 1 aromatic heterocycles. The first-order valence-corrected chi connectivity index (χ1v) is 8.31. The van der Waals surface area contributed by atoms with Gasteiger partial charge in [0.05, 0.1) is 16.7 Å². The van der Waals surface area contributed by atoms with E-state index in [-0.39, 0.29) is 0 Å². The first kappa shape index (κ1) is 13.4. The molecule has 0 bridgehead atoms. The minimum atomic E-state index is 1.24. The van der Waals surface area contributed by atoms with E-state index in [0.717, 1.165) is 0 Å². The second kappa shape index (κ2) is 4.97. The average Bonchev–Trinajstić information content (AvgIpc) is 2.97. The van der Waals surface area contributed by atoms with E-state index in [9.17, 15) is 0 Å². The Labute approximate surface area is 140 Å². The van der Waals surface area contributed by atoms with Gasteiger partial charge in [-0.1, -0.05) is 66.7 Å². The molecule has 0 radical (unpaired) electrons. The molecule has 4 aromatic carbocycles. The van der Waals surface area contributed by atoms with Crippen LogP contribution in [-0.2, 0) is 0 Å².